The Balaban J connectivity index is 2.02. The van der Waals surface area contributed by atoms with Crippen molar-refractivity contribution in [3.63, 3.8) is 0 Å². The van der Waals surface area contributed by atoms with E-state index in [9.17, 15) is 14.3 Å². The predicted molar refractivity (Wildman–Crippen MR) is 122 cm³/mol. The van der Waals surface area contributed by atoms with Crippen molar-refractivity contribution in [3.05, 3.63) is 53.1 Å². The quantitative estimate of drug-likeness (QED) is 0.483. The molecule has 0 saturated carbocycles. The molecule has 2 aromatic carbocycles. The Bertz CT molecular complexity index is 880. The summed E-state index contributed by atoms with van der Waals surface area (Å²) in [5, 5.41) is 13.4. The largest absolute Gasteiger partial charge is 0.481 e. The fourth-order valence-corrected chi connectivity index (χ4v) is 4.45. The average Bonchev–Trinajstić information content (AvgIpc) is 3.18. The van der Waals surface area contributed by atoms with Gasteiger partial charge in [0.05, 0.1) is 23.8 Å². The van der Waals surface area contributed by atoms with Crippen LogP contribution in [0.2, 0.25) is 5.02 Å². The van der Waals surface area contributed by atoms with E-state index in [-0.39, 0.29) is 18.4 Å². The number of aliphatic carboxylic acids is 1. The maximum absolute atomic E-state index is 14.9. The zero-order valence-corrected chi connectivity index (χ0v) is 18.5. The highest BCUT2D eigenvalue weighted by Gasteiger charge is 2.38. The van der Waals surface area contributed by atoms with Crippen LogP contribution in [0.15, 0.2) is 42.5 Å². The summed E-state index contributed by atoms with van der Waals surface area (Å²) in [7, 11) is 0. The van der Waals surface area contributed by atoms with Crippen molar-refractivity contribution >= 4 is 34.6 Å². The van der Waals surface area contributed by atoms with Crippen molar-refractivity contribution in [2.45, 2.75) is 64.1 Å². The van der Waals surface area contributed by atoms with E-state index in [0.29, 0.717) is 5.02 Å². The fourth-order valence-electron chi connectivity index (χ4n) is 4.32. The number of carboxylic acid groups (broad SMARTS) is 1. The number of nitrogens with zero attached hydrogens (tertiary/aromatic N) is 1. The second-order valence-corrected chi connectivity index (χ2v) is 8.96. The van der Waals surface area contributed by atoms with Crippen LogP contribution in [0.4, 0.5) is 21.5 Å². The van der Waals surface area contributed by atoms with Gasteiger partial charge in [-0.3, -0.25) is 4.79 Å². The number of halogens is 2. The minimum absolute atomic E-state index is 0.0747. The van der Waals surface area contributed by atoms with Crippen LogP contribution in [0.3, 0.4) is 0 Å². The molecule has 0 spiro atoms. The first kappa shape index (κ1) is 22.4. The Morgan fingerprint density at radius 2 is 2.00 bits per heavy atom. The van der Waals surface area contributed by atoms with Gasteiger partial charge < -0.3 is 15.3 Å². The summed E-state index contributed by atoms with van der Waals surface area (Å²) >= 11 is 6.02. The Hall–Kier alpha value is -2.27. The molecule has 4 nitrogen and oxygen atoms in total. The molecule has 0 amide bonds. The fraction of sp³-hybridized carbons (Fsp3) is 0.458. The topological polar surface area (TPSA) is 52.6 Å². The molecule has 0 aliphatic carbocycles. The molecule has 1 saturated heterocycles. The van der Waals surface area contributed by atoms with E-state index in [2.05, 4.69) is 10.2 Å². The van der Waals surface area contributed by atoms with Gasteiger partial charge in [-0.2, -0.15) is 0 Å². The standard InChI is InChI=1S/C24H30ClFN2O2/c1-4-16(15-23(29)30)17-7-12-21(28-13-5-6-22(28)24(2,3)26)20(14-17)27-19-10-8-18(25)9-11-19/h7-12,14,16,22,27H,4-6,13,15H2,1-3H3,(H,29,30)/t16-,22?/m0/s1. The lowest BCUT2D eigenvalue weighted by atomic mass is 9.92. The summed E-state index contributed by atoms with van der Waals surface area (Å²) in [5.41, 5.74) is 2.32. The number of anilines is 3. The lowest BCUT2D eigenvalue weighted by Gasteiger charge is -2.35. The normalized spacial score (nSPS) is 17.8. The van der Waals surface area contributed by atoms with Gasteiger partial charge in [-0.25, -0.2) is 4.39 Å². The van der Waals surface area contributed by atoms with E-state index in [4.69, 9.17) is 11.6 Å². The van der Waals surface area contributed by atoms with E-state index in [1.165, 1.54) is 0 Å². The third kappa shape index (κ3) is 5.25. The number of hydrogen-bond acceptors (Lipinski definition) is 3. The second kappa shape index (κ2) is 9.25. The lowest BCUT2D eigenvalue weighted by molar-refractivity contribution is -0.137. The number of nitrogens with one attached hydrogen (secondary N) is 1. The summed E-state index contributed by atoms with van der Waals surface area (Å²) in [5.74, 6) is -0.883. The summed E-state index contributed by atoms with van der Waals surface area (Å²) in [6.45, 7) is 6.06. The highest BCUT2D eigenvalue weighted by Crippen LogP contribution is 2.40. The van der Waals surface area contributed by atoms with E-state index in [0.717, 1.165) is 48.4 Å². The van der Waals surface area contributed by atoms with Gasteiger partial charge in [0, 0.05) is 17.3 Å². The first-order valence-corrected chi connectivity index (χ1v) is 10.9. The summed E-state index contributed by atoms with van der Waals surface area (Å²) in [6.07, 6.45) is 2.56. The van der Waals surface area contributed by atoms with Gasteiger partial charge >= 0.3 is 5.97 Å². The van der Waals surface area contributed by atoms with Gasteiger partial charge in [0.2, 0.25) is 0 Å². The van der Waals surface area contributed by atoms with Gasteiger partial charge in [0.15, 0.2) is 0 Å². The molecule has 3 rings (SSSR count). The van der Waals surface area contributed by atoms with Crippen LogP contribution in [0, 0.1) is 0 Å². The molecule has 2 aromatic rings. The van der Waals surface area contributed by atoms with Crippen molar-refractivity contribution in [3.8, 4) is 0 Å². The van der Waals surface area contributed by atoms with Crippen LogP contribution in [-0.4, -0.2) is 29.3 Å². The monoisotopic (exact) mass is 432 g/mol. The molecule has 0 radical (unpaired) electrons. The van der Waals surface area contributed by atoms with Crippen molar-refractivity contribution in [1.29, 1.82) is 0 Å². The highest BCUT2D eigenvalue weighted by molar-refractivity contribution is 6.30. The first-order chi connectivity index (χ1) is 14.2. The Labute approximate surface area is 183 Å². The van der Waals surface area contributed by atoms with Gasteiger partial charge in [-0.1, -0.05) is 24.6 Å². The number of carboxylic acids is 1. The number of rotatable bonds is 8. The molecule has 0 bridgehead atoms. The van der Waals surface area contributed by atoms with Crippen LogP contribution in [-0.2, 0) is 4.79 Å². The Morgan fingerprint density at radius 3 is 2.60 bits per heavy atom. The van der Waals surface area contributed by atoms with E-state index < -0.39 is 11.6 Å². The Kier molecular flexibility index (Phi) is 6.91. The molecule has 1 heterocycles. The van der Waals surface area contributed by atoms with E-state index in [1.54, 1.807) is 13.8 Å². The van der Waals surface area contributed by atoms with Crippen molar-refractivity contribution < 1.29 is 14.3 Å². The van der Waals surface area contributed by atoms with Gasteiger partial charge in [0.25, 0.3) is 0 Å². The molecule has 162 valence electrons. The van der Waals surface area contributed by atoms with E-state index >= 15 is 0 Å². The Morgan fingerprint density at radius 1 is 1.30 bits per heavy atom. The first-order valence-electron chi connectivity index (χ1n) is 10.5. The summed E-state index contributed by atoms with van der Waals surface area (Å²) < 4.78 is 14.9. The molecule has 30 heavy (non-hydrogen) atoms. The molecule has 2 N–H and O–H groups in total. The zero-order valence-electron chi connectivity index (χ0n) is 17.8. The molecule has 1 fully saturated rings. The third-order valence-corrected chi connectivity index (χ3v) is 6.14. The molecule has 2 atom stereocenters. The lowest BCUT2D eigenvalue weighted by Crippen LogP contribution is -2.43. The molecule has 0 aromatic heterocycles. The van der Waals surface area contributed by atoms with Crippen molar-refractivity contribution in [2.24, 2.45) is 0 Å². The maximum atomic E-state index is 14.9. The van der Waals surface area contributed by atoms with Crippen LogP contribution in [0.1, 0.15) is 57.9 Å². The SMILES string of the molecule is CC[C@@H](CC(=O)O)c1ccc(N2CCCC2C(C)(C)F)c(Nc2ccc(Cl)cc2)c1. The van der Waals surface area contributed by atoms with Gasteiger partial charge in [0.1, 0.15) is 5.67 Å². The number of carbonyl (C=O) groups is 1. The van der Waals surface area contributed by atoms with Crippen molar-refractivity contribution in [2.75, 3.05) is 16.8 Å². The number of hydrogen-bond donors (Lipinski definition) is 2. The minimum atomic E-state index is -1.32. The molecule has 1 aliphatic rings. The average molecular weight is 433 g/mol. The van der Waals surface area contributed by atoms with E-state index in [1.807, 2.05) is 49.4 Å². The molecule has 1 unspecified atom stereocenters. The number of benzene rings is 2. The summed E-state index contributed by atoms with van der Waals surface area (Å²) in [4.78, 5) is 13.4. The highest BCUT2D eigenvalue weighted by atomic mass is 35.5. The maximum Gasteiger partial charge on any atom is 0.303 e. The van der Waals surface area contributed by atoms with Gasteiger partial charge in [-0.15, -0.1) is 0 Å². The van der Waals surface area contributed by atoms with Crippen LogP contribution < -0.4 is 10.2 Å². The van der Waals surface area contributed by atoms with Gasteiger partial charge in [-0.05, 0) is 81.0 Å². The summed E-state index contributed by atoms with van der Waals surface area (Å²) in [6, 6.07) is 13.2. The smallest absolute Gasteiger partial charge is 0.303 e. The van der Waals surface area contributed by atoms with Crippen molar-refractivity contribution in [1.82, 2.24) is 0 Å². The molecular weight excluding hydrogens is 403 g/mol. The molecule has 1 aliphatic heterocycles. The second-order valence-electron chi connectivity index (χ2n) is 8.53. The zero-order chi connectivity index (χ0) is 21.9. The van der Waals surface area contributed by atoms with Crippen LogP contribution in [0.25, 0.3) is 0 Å². The number of alkyl halides is 1. The minimum Gasteiger partial charge on any atom is -0.481 e. The molecular formula is C24H30ClFN2O2. The third-order valence-electron chi connectivity index (χ3n) is 5.88. The molecule has 6 heteroatoms. The van der Waals surface area contributed by atoms with Crippen LogP contribution in [0.5, 0.6) is 0 Å². The van der Waals surface area contributed by atoms with Crippen LogP contribution >= 0.6 is 11.6 Å². The predicted octanol–water partition coefficient (Wildman–Crippen LogP) is 6.77.